The van der Waals surface area contributed by atoms with Gasteiger partial charge in [0.15, 0.2) is 5.96 Å². The van der Waals surface area contributed by atoms with Crippen LogP contribution in [0.1, 0.15) is 45.1 Å². The van der Waals surface area contributed by atoms with Crippen LogP contribution in [0.4, 0.5) is 13.2 Å². The molecule has 2 heterocycles. The molecule has 0 spiro atoms. The summed E-state index contributed by atoms with van der Waals surface area (Å²) in [6.45, 7) is 6.19. The summed E-state index contributed by atoms with van der Waals surface area (Å²) in [4.78, 5) is 22.3. The van der Waals surface area contributed by atoms with E-state index in [1.807, 2.05) is 18.7 Å². The molecule has 2 N–H and O–H groups in total. The van der Waals surface area contributed by atoms with E-state index >= 15 is 0 Å². The predicted molar refractivity (Wildman–Crippen MR) is 128 cm³/mol. The highest BCUT2D eigenvalue weighted by atomic mass is 127. The Hall–Kier alpha value is -1.79. The van der Waals surface area contributed by atoms with Gasteiger partial charge in [0.1, 0.15) is 6.61 Å². The van der Waals surface area contributed by atoms with Crippen LogP contribution in [-0.4, -0.2) is 61.1 Å². The van der Waals surface area contributed by atoms with Crippen LogP contribution in [0.3, 0.4) is 0 Å². The molecule has 0 saturated carbocycles. The Morgan fingerprint density at radius 1 is 1.28 bits per heavy atom. The molecule has 0 unspecified atom stereocenters. The Balaban J connectivity index is 0.00000512. The van der Waals surface area contributed by atoms with Crippen LogP contribution in [0.5, 0.6) is 5.88 Å². The molecule has 1 aromatic heterocycles. The molecule has 7 nitrogen and oxygen atoms in total. The summed E-state index contributed by atoms with van der Waals surface area (Å²) in [6, 6.07) is 2.36. The lowest BCUT2D eigenvalue weighted by Crippen LogP contribution is -2.51. The number of hydrogen-bond donors (Lipinski definition) is 2. The van der Waals surface area contributed by atoms with E-state index in [2.05, 4.69) is 20.6 Å². The highest BCUT2D eigenvalue weighted by Gasteiger charge is 2.30. The first-order chi connectivity index (χ1) is 14.8. The quantitative estimate of drug-likeness (QED) is 0.216. The topological polar surface area (TPSA) is 78.9 Å². The molecule has 1 aliphatic rings. The predicted octanol–water partition coefficient (Wildman–Crippen LogP) is 3.69. The van der Waals surface area contributed by atoms with Crippen molar-refractivity contribution < 1.29 is 22.7 Å². The van der Waals surface area contributed by atoms with Gasteiger partial charge in [0.2, 0.25) is 11.8 Å². The summed E-state index contributed by atoms with van der Waals surface area (Å²) in [5.74, 6) is 1.11. The van der Waals surface area contributed by atoms with Crippen LogP contribution < -0.4 is 15.4 Å². The largest absolute Gasteiger partial charge is 0.476 e. The van der Waals surface area contributed by atoms with E-state index < -0.39 is 11.7 Å². The molecule has 2 rings (SSSR count). The lowest BCUT2D eigenvalue weighted by Gasteiger charge is -2.34. The fourth-order valence-corrected chi connectivity index (χ4v) is 3.49. The van der Waals surface area contributed by atoms with E-state index in [1.165, 1.54) is 6.07 Å². The second-order valence-electron chi connectivity index (χ2n) is 7.49. The molecule has 0 aromatic carbocycles. The number of likely N-dealkylation sites (tertiary alicyclic amines) is 1. The zero-order valence-corrected chi connectivity index (χ0v) is 21.1. The zero-order valence-electron chi connectivity index (χ0n) is 18.7. The minimum atomic E-state index is -4.41. The number of ether oxygens (including phenoxy) is 1. The van der Waals surface area contributed by atoms with Crippen molar-refractivity contribution in [3.63, 3.8) is 0 Å². The van der Waals surface area contributed by atoms with Crippen LogP contribution in [0, 0.1) is 5.92 Å². The summed E-state index contributed by atoms with van der Waals surface area (Å²) in [6.07, 6.45) is -0.231. The number of hydrogen-bond acceptors (Lipinski definition) is 4. The van der Waals surface area contributed by atoms with E-state index in [0.717, 1.165) is 51.0 Å². The van der Waals surface area contributed by atoms with Gasteiger partial charge in [-0.05, 0) is 31.7 Å². The number of aromatic nitrogens is 1. The van der Waals surface area contributed by atoms with Gasteiger partial charge in [-0.1, -0.05) is 13.8 Å². The number of amides is 1. The molecule has 182 valence electrons. The Labute approximate surface area is 204 Å². The van der Waals surface area contributed by atoms with Crippen molar-refractivity contribution in [2.75, 3.05) is 33.3 Å². The molecule has 1 fully saturated rings. The van der Waals surface area contributed by atoms with Crippen LogP contribution >= 0.6 is 24.0 Å². The summed E-state index contributed by atoms with van der Waals surface area (Å²) < 4.78 is 43.0. The summed E-state index contributed by atoms with van der Waals surface area (Å²) in [5.41, 5.74) is -0.810. The first kappa shape index (κ1) is 28.2. The van der Waals surface area contributed by atoms with E-state index in [1.54, 1.807) is 7.05 Å². The molecular weight excluding hydrogens is 538 g/mol. The van der Waals surface area contributed by atoms with Gasteiger partial charge in [-0.25, -0.2) is 4.98 Å². The van der Waals surface area contributed by atoms with E-state index in [9.17, 15) is 18.0 Å². The van der Waals surface area contributed by atoms with Crippen molar-refractivity contribution in [2.45, 2.75) is 51.7 Å². The number of nitrogens with zero attached hydrogens (tertiary/aromatic N) is 3. The van der Waals surface area contributed by atoms with Crippen molar-refractivity contribution >= 4 is 35.8 Å². The van der Waals surface area contributed by atoms with Gasteiger partial charge in [-0.2, -0.15) is 13.2 Å². The molecule has 1 aliphatic heterocycles. The van der Waals surface area contributed by atoms with Gasteiger partial charge < -0.3 is 20.3 Å². The minimum Gasteiger partial charge on any atom is -0.476 e. The molecule has 11 heteroatoms. The first-order valence-electron chi connectivity index (χ1n) is 10.7. The number of rotatable bonds is 8. The number of halogens is 4. The Kier molecular flexibility index (Phi) is 12.1. The zero-order chi connectivity index (χ0) is 22.9. The average Bonchev–Trinajstić information content (AvgIpc) is 2.76. The SMILES string of the molecule is CCC(CC)C(=O)N1CCC(NC(=NC)NCCOc2ccc(C(F)(F)F)cn2)CC1.I. The molecule has 1 amide bonds. The molecule has 0 atom stereocenters. The van der Waals surface area contributed by atoms with Gasteiger partial charge in [0, 0.05) is 44.4 Å². The number of nitrogens with one attached hydrogen (secondary N) is 2. The number of carbonyl (C=O) groups is 1. The highest BCUT2D eigenvalue weighted by Crippen LogP contribution is 2.29. The number of aliphatic imine (C=N–C) groups is 1. The number of carbonyl (C=O) groups excluding carboxylic acids is 1. The maximum Gasteiger partial charge on any atom is 0.417 e. The number of guanidine groups is 1. The lowest BCUT2D eigenvalue weighted by molar-refractivity contribution is -0.138. The third kappa shape index (κ3) is 8.62. The minimum absolute atomic E-state index is 0. The van der Waals surface area contributed by atoms with Crippen molar-refractivity contribution in [2.24, 2.45) is 10.9 Å². The Bertz CT molecular complexity index is 719. The van der Waals surface area contributed by atoms with Gasteiger partial charge in [0.05, 0.1) is 12.1 Å². The molecule has 1 saturated heterocycles. The maximum absolute atomic E-state index is 12.5. The fourth-order valence-electron chi connectivity index (χ4n) is 3.49. The second-order valence-corrected chi connectivity index (χ2v) is 7.49. The first-order valence-corrected chi connectivity index (χ1v) is 10.7. The molecular formula is C21H33F3IN5O2. The third-order valence-corrected chi connectivity index (χ3v) is 5.41. The van der Waals surface area contributed by atoms with Gasteiger partial charge in [-0.3, -0.25) is 9.79 Å². The monoisotopic (exact) mass is 571 g/mol. The lowest BCUT2D eigenvalue weighted by atomic mass is 9.98. The van der Waals surface area contributed by atoms with Gasteiger partial charge in [0.25, 0.3) is 0 Å². The van der Waals surface area contributed by atoms with E-state index in [4.69, 9.17) is 4.74 Å². The number of piperidine rings is 1. The normalized spacial score (nSPS) is 15.3. The Morgan fingerprint density at radius 3 is 2.44 bits per heavy atom. The average molecular weight is 571 g/mol. The number of pyridine rings is 1. The van der Waals surface area contributed by atoms with Crippen molar-refractivity contribution in [3.8, 4) is 5.88 Å². The third-order valence-electron chi connectivity index (χ3n) is 5.41. The van der Waals surface area contributed by atoms with Gasteiger partial charge >= 0.3 is 6.18 Å². The van der Waals surface area contributed by atoms with Crippen molar-refractivity contribution in [1.82, 2.24) is 20.5 Å². The van der Waals surface area contributed by atoms with E-state index in [0.29, 0.717) is 12.5 Å². The molecule has 0 radical (unpaired) electrons. The summed E-state index contributed by atoms with van der Waals surface area (Å²) in [5, 5.41) is 6.47. The van der Waals surface area contributed by atoms with Crippen molar-refractivity contribution in [3.05, 3.63) is 23.9 Å². The fraction of sp³-hybridized carbons (Fsp3) is 0.667. The highest BCUT2D eigenvalue weighted by molar-refractivity contribution is 14.0. The Morgan fingerprint density at radius 2 is 1.94 bits per heavy atom. The molecule has 0 aliphatic carbocycles. The number of alkyl halides is 3. The molecule has 0 bridgehead atoms. The van der Waals surface area contributed by atoms with Crippen LogP contribution in [0.2, 0.25) is 0 Å². The molecule has 32 heavy (non-hydrogen) atoms. The summed E-state index contributed by atoms with van der Waals surface area (Å²) >= 11 is 0. The van der Waals surface area contributed by atoms with Crippen LogP contribution in [0.25, 0.3) is 0 Å². The van der Waals surface area contributed by atoms with Gasteiger partial charge in [-0.15, -0.1) is 24.0 Å². The van der Waals surface area contributed by atoms with E-state index in [-0.39, 0.29) is 54.3 Å². The van der Waals surface area contributed by atoms with Crippen LogP contribution in [-0.2, 0) is 11.0 Å². The smallest absolute Gasteiger partial charge is 0.417 e. The molecule has 1 aromatic rings. The van der Waals surface area contributed by atoms with Crippen molar-refractivity contribution in [1.29, 1.82) is 0 Å². The second kappa shape index (κ2) is 13.7. The maximum atomic E-state index is 12.5. The summed E-state index contributed by atoms with van der Waals surface area (Å²) in [7, 11) is 1.67. The standard InChI is InChI=1S/C21H32F3N5O2.HI/c1-4-15(5-2)19(30)29-11-8-17(9-12-29)28-20(25-3)26-10-13-31-18-7-6-16(14-27-18)21(22,23)24;/h6-7,14-15,17H,4-5,8-13H2,1-3H3,(H2,25,26,28);1H. The van der Waals surface area contributed by atoms with Crippen LogP contribution in [0.15, 0.2) is 23.3 Å².